The molecule has 1 unspecified atom stereocenters. The van der Waals surface area contributed by atoms with Gasteiger partial charge < -0.3 is 14.9 Å². The lowest BCUT2D eigenvalue weighted by atomic mass is 10.1. The summed E-state index contributed by atoms with van der Waals surface area (Å²) >= 11 is 5.94. The maximum atomic E-state index is 10.2. The highest BCUT2D eigenvalue weighted by Crippen LogP contribution is 2.20. The van der Waals surface area contributed by atoms with Crippen LogP contribution < -0.4 is 0 Å². The monoisotopic (exact) mass is 282 g/mol. The SMILES string of the molecule is CCN1CCN(CCC(O)c2cccc(Cl)c2)CC1. The third kappa shape index (κ3) is 4.46. The van der Waals surface area contributed by atoms with Gasteiger partial charge in [0.2, 0.25) is 0 Å². The molecule has 106 valence electrons. The summed E-state index contributed by atoms with van der Waals surface area (Å²) in [5.74, 6) is 0. The van der Waals surface area contributed by atoms with Gasteiger partial charge in [-0.25, -0.2) is 0 Å². The number of aliphatic hydroxyl groups is 1. The molecule has 1 aromatic rings. The molecule has 0 amide bonds. The van der Waals surface area contributed by atoms with E-state index in [4.69, 9.17) is 11.6 Å². The van der Waals surface area contributed by atoms with E-state index in [1.54, 1.807) is 0 Å². The van der Waals surface area contributed by atoms with Crippen LogP contribution in [0.2, 0.25) is 5.02 Å². The van der Waals surface area contributed by atoms with Gasteiger partial charge >= 0.3 is 0 Å². The summed E-state index contributed by atoms with van der Waals surface area (Å²) in [6, 6.07) is 7.51. The molecular weight excluding hydrogens is 260 g/mol. The predicted molar refractivity (Wildman–Crippen MR) is 79.6 cm³/mol. The molecule has 0 spiro atoms. The summed E-state index contributed by atoms with van der Waals surface area (Å²) in [7, 11) is 0. The van der Waals surface area contributed by atoms with Crippen molar-refractivity contribution in [2.45, 2.75) is 19.4 Å². The zero-order chi connectivity index (χ0) is 13.7. The van der Waals surface area contributed by atoms with Gasteiger partial charge in [-0.3, -0.25) is 0 Å². The number of nitrogens with zero attached hydrogens (tertiary/aromatic N) is 2. The van der Waals surface area contributed by atoms with E-state index in [1.165, 1.54) is 0 Å². The minimum Gasteiger partial charge on any atom is -0.388 e. The van der Waals surface area contributed by atoms with Gasteiger partial charge in [-0.15, -0.1) is 0 Å². The van der Waals surface area contributed by atoms with Crippen molar-refractivity contribution in [1.82, 2.24) is 9.80 Å². The molecule has 0 radical (unpaired) electrons. The van der Waals surface area contributed by atoms with Crippen LogP contribution in [0.1, 0.15) is 25.0 Å². The average molecular weight is 283 g/mol. The largest absolute Gasteiger partial charge is 0.388 e. The fourth-order valence-corrected chi connectivity index (χ4v) is 2.71. The van der Waals surface area contributed by atoms with Crippen LogP contribution in [0, 0.1) is 0 Å². The second kappa shape index (κ2) is 7.25. The van der Waals surface area contributed by atoms with E-state index in [0.717, 1.165) is 51.3 Å². The smallest absolute Gasteiger partial charge is 0.0802 e. The summed E-state index contributed by atoms with van der Waals surface area (Å²) in [4.78, 5) is 4.89. The van der Waals surface area contributed by atoms with Crippen LogP contribution in [0.5, 0.6) is 0 Å². The first-order chi connectivity index (χ1) is 9.19. The maximum Gasteiger partial charge on any atom is 0.0802 e. The number of benzene rings is 1. The van der Waals surface area contributed by atoms with Gasteiger partial charge in [-0.1, -0.05) is 30.7 Å². The van der Waals surface area contributed by atoms with Gasteiger partial charge in [0, 0.05) is 37.7 Å². The number of likely N-dealkylation sites (N-methyl/N-ethyl adjacent to an activating group) is 1. The van der Waals surface area contributed by atoms with Crippen LogP contribution in [0.4, 0.5) is 0 Å². The number of aliphatic hydroxyl groups excluding tert-OH is 1. The number of piperazine rings is 1. The highest BCUT2D eigenvalue weighted by Gasteiger charge is 2.16. The molecule has 1 atom stereocenters. The molecule has 1 heterocycles. The number of hydrogen-bond donors (Lipinski definition) is 1. The quantitative estimate of drug-likeness (QED) is 0.898. The Kier molecular flexibility index (Phi) is 5.64. The van der Waals surface area contributed by atoms with Crippen LogP contribution in [0.3, 0.4) is 0 Å². The van der Waals surface area contributed by atoms with Crippen molar-refractivity contribution >= 4 is 11.6 Å². The summed E-state index contributed by atoms with van der Waals surface area (Å²) < 4.78 is 0. The summed E-state index contributed by atoms with van der Waals surface area (Å²) in [5.41, 5.74) is 0.916. The van der Waals surface area contributed by atoms with E-state index in [-0.39, 0.29) is 0 Å². The standard InChI is InChI=1S/C15H23ClN2O/c1-2-17-8-10-18(11-9-17)7-6-15(19)13-4-3-5-14(16)12-13/h3-5,12,15,19H,2,6-11H2,1H3. The molecule has 1 N–H and O–H groups in total. The van der Waals surface area contributed by atoms with Gasteiger partial charge in [0.1, 0.15) is 0 Å². The third-order valence-electron chi connectivity index (χ3n) is 3.86. The number of rotatable bonds is 5. The Hall–Kier alpha value is -0.610. The van der Waals surface area contributed by atoms with E-state index in [9.17, 15) is 5.11 Å². The Balaban J connectivity index is 1.76. The minimum atomic E-state index is -0.414. The van der Waals surface area contributed by atoms with Crippen molar-refractivity contribution in [3.05, 3.63) is 34.9 Å². The highest BCUT2D eigenvalue weighted by molar-refractivity contribution is 6.30. The first-order valence-corrected chi connectivity index (χ1v) is 7.45. The third-order valence-corrected chi connectivity index (χ3v) is 4.10. The number of halogens is 1. The second-order valence-corrected chi connectivity index (χ2v) is 5.57. The Morgan fingerprint density at radius 3 is 2.53 bits per heavy atom. The second-order valence-electron chi connectivity index (χ2n) is 5.14. The van der Waals surface area contributed by atoms with Gasteiger partial charge in [0.25, 0.3) is 0 Å². The predicted octanol–water partition coefficient (Wildman–Crippen LogP) is 2.40. The normalized spacial score (nSPS) is 19.5. The molecule has 3 nitrogen and oxygen atoms in total. The van der Waals surface area contributed by atoms with Crippen molar-refractivity contribution in [2.75, 3.05) is 39.3 Å². The lowest BCUT2D eigenvalue weighted by Crippen LogP contribution is -2.46. The lowest BCUT2D eigenvalue weighted by Gasteiger charge is -2.34. The van der Waals surface area contributed by atoms with Gasteiger partial charge in [-0.05, 0) is 30.7 Å². The average Bonchev–Trinajstić information content (AvgIpc) is 2.45. The topological polar surface area (TPSA) is 26.7 Å². The van der Waals surface area contributed by atoms with Crippen molar-refractivity contribution in [2.24, 2.45) is 0 Å². The Morgan fingerprint density at radius 1 is 1.21 bits per heavy atom. The van der Waals surface area contributed by atoms with Crippen molar-refractivity contribution in [3.63, 3.8) is 0 Å². The number of hydrogen-bond acceptors (Lipinski definition) is 3. The molecule has 0 saturated carbocycles. The zero-order valence-corrected chi connectivity index (χ0v) is 12.3. The Bertz CT molecular complexity index is 391. The highest BCUT2D eigenvalue weighted by atomic mass is 35.5. The molecule has 2 rings (SSSR count). The molecule has 19 heavy (non-hydrogen) atoms. The Morgan fingerprint density at radius 2 is 1.89 bits per heavy atom. The van der Waals surface area contributed by atoms with Crippen LogP contribution >= 0.6 is 11.6 Å². The minimum absolute atomic E-state index is 0.414. The van der Waals surface area contributed by atoms with E-state index in [1.807, 2.05) is 24.3 Å². The lowest BCUT2D eigenvalue weighted by molar-refractivity contribution is 0.105. The molecule has 0 aromatic heterocycles. The molecule has 1 fully saturated rings. The van der Waals surface area contributed by atoms with Crippen LogP contribution in [-0.2, 0) is 0 Å². The fraction of sp³-hybridized carbons (Fsp3) is 0.600. The molecule has 0 bridgehead atoms. The molecule has 4 heteroatoms. The van der Waals surface area contributed by atoms with E-state index in [2.05, 4.69) is 16.7 Å². The summed E-state index contributed by atoms with van der Waals surface area (Å²) in [6.45, 7) is 8.79. The van der Waals surface area contributed by atoms with Crippen LogP contribution in [0.25, 0.3) is 0 Å². The van der Waals surface area contributed by atoms with E-state index in [0.29, 0.717) is 5.02 Å². The van der Waals surface area contributed by atoms with E-state index >= 15 is 0 Å². The first-order valence-electron chi connectivity index (χ1n) is 7.07. The molecule has 1 aromatic carbocycles. The molecule has 1 aliphatic rings. The van der Waals surface area contributed by atoms with Crippen molar-refractivity contribution in [3.8, 4) is 0 Å². The van der Waals surface area contributed by atoms with Crippen molar-refractivity contribution < 1.29 is 5.11 Å². The summed E-state index contributed by atoms with van der Waals surface area (Å²) in [5, 5.41) is 10.9. The molecule has 1 aliphatic heterocycles. The van der Waals surface area contributed by atoms with Crippen molar-refractivity contribution in [1.29, 1.82) is 0 Å². The van der Waals surface area contributed by atoms with Gasteiger partial charge in [0.15, 0.2) is 0 Å². The maximum absolute atomic E-state index is 10.2. The van der Waals surface area contributed by atoms with E-state index < -0.39 is 6.10 Å². The molecule has 0 aliphatic carbocycles. The van der Waals surface area contributed by atoms with Gasteiger partial charge in [0.05, 0.1) is 6.10 Å². The van der Waals surface area contributed by atoms with Gasteiger partial charge in [-0.2, -0.15) is 0 Å². The Labute approximate surface area is 120 Å². The first kappa shape index (κ1) is 14.8. The molecule has 1 saturated heterocycles. The summed E-state index contributed by atoms with van der Waals surface area (Å²) in [6.07, 6.45) is 0.356. The van der Waals surface area contributed by atoms with Crippen LogP contribution in [-0.4, -0.2) is 54.2 Å². The molecular formula is C15H23ClN2O. The fourth-order valence-electron chi connectivity index (χ4n) is 2.51. The zero-order valence-electron chi connectivity index (χ0n) is 11.6. The van der Waals surface area contributed by atoms with Crippen LogP contribution in [0.15, 0.2) is 24.3 Å².